The van der Waals surface area contributed by atoms with Gasteiger partial charge in [-0.1, -0.05) is 39.0 Å². The number of nitrogens with one attached hydrogen (secondary N) is 1. The standard InChI is InChI=1S/C14H17N3/c1-14(2,3)11-5-4-9-8-17-12(13(15)16)7-10(9)6-11/h4-8H,1-3H3,(H3,15,16). The maximum atomic E-state index is 7.40. The molecule has 88 valence electrons. The summed E-state index contributed by atoms with van der Waals surface area (Å²) >= 11 is 0. The van der Waals surface area contributed by atoms with Crippen LogP contribution in [-0.2, 0) is 5.41 Å². The van der Waals surface area contributed by atoms with E-state index in [0.29, 0.717) is 5.69 Å². The van der Waals surface area contributed by atoms with Gasteiger partial charge in [-0.2, -0.15) is 0 Å². The molecule has 0 aliphatic carbocycles. The van der Waals surface area contributed by atoms with Gasteiger partial charge in [0.1, 0.15) is 11.5 Å². The Hall–Kier alpha value is -1.90. The Labute approximate surface area is 101 Å². The number of nitrogens with two attached hydrogens (primary N) is 1. The molecule has 0 unspecified atom stereocenters. The van der Waals surface area contributed by atoms with Crippen LogP contribution >= 0.6 is 0 Å². The Morgan fingerprint density at radius 3 is 2.47 bits per heavy atom. The van der Waals surface area contributed by atoms with Gasteiger partial charge in [0.05, 0.1) is 0 Å². The van der Waals surface area contributed by atoms with E-state index in [1.807, 2.05) is 6.07 Å². The van der Waals surface area contributed by atoms with Crippen molar-refractivity contribution < 1.29 is 0 Å². The molecule has 0 fully saturated rings. The lowest BCUT2D eigenvalue weighted by atomic mass is 9.86. The van der Waals surface area contributed by atoms with Crippen LogP contribution in [0.4, 0.5) is 0 Å². The maximum absolute atomic E-state index is 7.40. The second kappa shape index (κ2) is 3.84. The summed E-state index contributed by atoms with van der Waals surface area (Å²) in [6, 6.07) is 8.20. The molecule has 0 aliphatic heterocycles. The van der Waals surface area contributed by atoms with Gasteiger partial charge in [-0.25, -0.2) is 0 Å². The van der Waals surface area contributed by atoms with Crippen LogP contribution in [0, 0.1) is 5.41 Å². The van der Waals surface area contributed by atoms with Crippen molar-refractivity contribution in [3.05, 3.63) is 41.7 Å². The van der Waals surface area contributed by atoms with Gasteiger partial charge < -0.3 is 5.73 Å². The topological polar surface area (TPSA) is 62.8 Å². The number of nitrogens with zero attached hydrogens (tertiary/aromatic N) is 1. The average Bonchev–Trinajstić information content (AvgIpc) is 2.26. The van der Waals surface area contributed by atoms with Crippen molar-refractivity contribution in [3.8, 4) is 0 Å². The summed E-state index contributed by atoms with van der Waals surface area (Å²) in [7, 11) is 0. The van der Waals surface area contributed by atoms with E-state index < -0.39 is 0 Å². The Morgan fingerprint density at radius 2 is 1.88 bits per heavy atom. The van der Waals surface area contributed by atoms with Crippen LogP contribution in [0.2, 0.25) is 0 Å². The van der Waals surface area contributed by atoms with Gasteiger partial charge in [0, 0.05) is 11.6 Å². The predicted molar refractivity (Wildman–Crippen MR) is 71.5 cm³/mol. The van der Waals surface area contributed by atoms with E-state index in [4.69, 9.17) is 11.1 Å². The molecule has 1 heterocycles. The molecule has 3 N–H and O–H groups in total. The van der Waals surface area contributed by atoms with E-state index in [9.17, 15) is 0 Å². The number of aromatic nitrogens is 1. The van der Waals surface area contributed by atoms with E-state index in [2.05, 4.69) is 44.0 Å². The van der Waals surface area contributed by atoms with Gasteiger partial charge in [-0.3, -0.25) is 10.4 Å². The zero-order valence-electron chi connectivity index (χ0n) is 10.4. The van der Waals surface area contributed by atoms with E-state index in [-0.39, 0.29) is 11.3 Å². The number of benzene rings is 1. The van der Waals surface area contributed by atoms with Crippen LogP contribution in [0.5, 0.6) is 0 Å². The minimum absolute atomic E-state index is 0.00746. The van der Waals surface area contributed by atoms with Gasteiger partial charge in [0.15, 0.2) is 0 Å². The first kappa shape index (κ1) is 11.6. The summed E-state index contributed by atoms with van der Waals surface area (Å²) in [5.41, 5.74) is 7.37. The summed E-state index contributed by atoms with van der Waals surface area (Å²) in [6.07, 6.45) is 1.76. The summed E-state index contributed by atoms with van der Waals surface area (Å²) in [5, 5.41) is 9.56. The zero-order valence-corrected chi connectivity index (χ0v) is 10.4. The fraction of sp³-hybridized carbons (Fsp3) is 0.286. The average molecular weight is 227 g/mol. The molecule has 1 aromatic heterocycles. The highest BCUT2D eigenvalue weighted by atomic mass is 14.8. The van der Waals surface area contributed by atoms with Crippen LogP contribution < -0.4 is 5.73 Å². The quantitative estimate of drug-likeness (QED) is 0.581. The van der Waals surface area contributed by atoms with Crippen molar-refractivity contribution in [2.75, 3.05) is 0 Å². The van der Waals surface area contributed by atoms with Gasteiger partial charge in [0.2, 0.25) is 0 Å². The fourth-order valence-electron chi connectivity index (χ4n) is 1.75. The fourth-order valence-corrected chi connectivity index (χ4v) is 1.75. The van der Waals surface area contributed by atoms with Gasteiger partial charge >= 0.3 is 0 Å². The van der Waals surface area contributed by atoms with Crippen LogP contribution in [0.3, 0.4) is 0 Å². The van der Waals surface area contributed by atoms with E-state index in [1.54, 1.807) is 6.20 Å². The highest BCUT2D eigenvalue weighted by Crippen LogP contribution is 2.25. The van der Waals surface area contributed by atoms with Gasteiger partial charge in [0.25, 0.3) is 0 Å². The van der Waals surface area contributed by atoms with Crippen LogP contribution in [0.1, 0.15) is 32.0 Å². The normalized spacial score (nSPS) is 11.7. The Morgan fingerprint density at radius 1 is 1.18 bits per heavy atom. The largest absolute Gasteiger partial charge is 0.382 e. The molecular weight excluding hydrogens is 210 g/mol. The minimum Gasteiger partial charge on any atom is -0.382 e. The van der Waals surface area contributed by atoms with Crippen molar-refractivity contribution in [1.29, 1.82) is 5.41 Å². The molecule has 17 heavy (non-hydrogen) atoms. The third-order valence-corrected chi connectivity index (χ3v) is 2.86. The van der Waals surface area contributed by atoms with Crippen molar-refractivity contribution in [2.24, 2.45) is 5.73 Å². The molecule has 2 aromatic rings. The van der Waals surface area contributed by atoms with Crippen LogP contribution in [0.25, 0.3) is 10.8 Å². The second-order valence-electron chi connectivity index (χ2n) is 5.30. The summed E-state index contributed by atoms with van der Waals surface area (Å²) in [6.45, 7) is 6.55. The number of nitrogen functional groups attached to an aromatic ring is 1. The monoisotopic (exact) mass is 227 g/mol. The third-order valence-electron chi connectivity index (χ3n) is 2.86. The van der Waals surface area contributed by atoms with E-state index in [0.717, 1.165) is 10.8 Å². The maximum Gasteiger partial charge on any atom is 0.141 e. The highest BCUT2D eigenvalue weighted by Gasteiger charge is 2.13. The van der Waals surface area contributed by atoms with Crippen molar-refractivity contribution in [3.63, 3.8) is 0 Å². The van der Waals surface area contributed by atoms with Crippen LogP contribution in [0.15, 0.2) is 30.5 Å². The molecule has 3 nitrogen and oxygen atoms in total. The molecule has 3 heteroatoms. The first-order valence-electron chi connectivity index (χ1n) is 5.62. The lowest BCUT2D eigenvalue weighted by Crippen LogP contribution is -2.13. The summed E-state index contributed by atoms with van der Waals surface area (Å²) < 4.78 is 0. The SMILES string of the molecule is CC(C)(C)c1ccc2cnc(C(=N)N)cc2c1. The first-order valence-corrected chi connectivity index (χ1v) is 5.62. The molecule has 0 atom stereocenters. The summed E-state index contributed by atoms with van der Waals surface area (Å²) in [4.78, 5) is 4.15. The Bertz CT molecular complexity index is 580. The Balaban J connectivity index is 2.62. The second-order valence-corrected chi connectivity index (χ2v) is 5.30. The smallest absolute Gasteiger partial charge is 0.141 e. The molecule has 0 radical (unpaired) electrons. The molecule has 1 aromatic carbocycles. The van der Waals surface area contributed by atoms with Gasteiger partial charge in [-0.05, 0) is 22.4 Å². The summed E-state index contributed by atoms with van der Waals surface area (Å²) in [5.74, 6) is 0.00746. The third kappa shape index (κ3) is 2.28. The van der Waals surface area contributed by atoms with Crippen molar-refractivity contribution in [2.45, 2.75) is 26.2 Å². The zero-order chi connectivity index (χ0) is 12.6. The number of pyridine rings is 1. The number of amidine groups is 1. The molecule has 0 saturated carbocycles. The number of hydrogen-bond donors (Lipinski definition) is 2. The van der Waals surface area contributed by atoms with Crippen molar-refractivity contribution >= 4 is 16.6 Å². The molecule has 0 saturated heterocycles. The predicted octanol–water partition coefficient (Wildman–Crippen LogP) is 2.82. The highest BCUT2D eigenvalue weighted by molar-refractivity contribution is 5.97. The lowest BCUT2D eigenvalue weighted by Gasteiger charge is -2.19. The minimum atomic E-state index is 0.00746. The number of hydrogen-bond acceptors (Lipinski definition) is 2. The van der Waals surface area contributed by atoms with E-state index in [1.165, 1.54) is 5.56 Å². The van der Waals surface area contributed by atoms with Crippen molar-refractivity contribution in [1.82, 2.24) is 4.98 Å². The van der Waals surface area contributed by atoms with E-state index >= 15 is 0 Å². The molecule has 0 amide bonds. The molecule has 0 spiro atoms. The lowest BCUT2D eigenvalue weighted by molar-refractivity contribution is 0.591. The molecular formula is C14H17N3. The molecule has 0 aliphatic rings. The number of fused-ring (bicyclic) bond motifs is 1. The molecule has 0 bridgehead atoms. The first-order chi connectivity index (χ1) is 7.88. The van der Waals surface area contributed by atoms with Crippen LogP contribution in [-0.4, -0.2) is 10.8 Å². The Kier molecular flexibility index (Phi) is 2.62. The van der Waals surface area contributed by atoms with Gasteiger partial charge in [-0.15, -0.1) is 0 Å². The molecule has 2 rings (SSSR count). The number of rotatable bonds is 1.